The molecule has 2 atom stereocenters. The first-order chi connectivity index (χ1) is 16.0. The van der Waals surface area contributed by atoms with Crippen LogP contribution in [0.4, 0.5) is 13.2 Å². The number of pyridine rings is 1. The largest absolute Gasteiger partial charge is 0.486 e. The number of benzene rings is 1. The molecule has 1 saturated heterocycles. The Kier molecular flexibility index (Phi) is 6.25. The molecule has 33 heavy (non-hydrogen) atoms. The van der Waals surface area contributed by atoms with Crippen molar-refractivity contribution < 1.29 is 17.9 Å². The smallest absolute Gasteiger partial charge is 0.251 e. The van der Waals surface area contributed by atoms with Gasteiger partial charge in [0.2, 0.25) is 0 Å². The molecular formula is C24H28F3N5O. The molecule has 6 nitrogen and oxygen atoms in total. The van der Waals surface area contributed by atoms with E-state index in [2.05, 4.69) is 20.1 Å². The quantitative estimate of drug-likeness (QED) is 0.552. The van der Waals surface area contributed by atoms with Crippen molar-refractivity contribution in [2.45, 2.75) is 44.4 Å². The summed E-state index contributed by atoms with van der Waals surface area (Å²) in [5, 5.41) is 8.19. The van der Waals surface area contributed by atoms with Crippen molar-refractivity contribution in [1.82, 2.24) is 25.0 Å². The molecule has 1 aromatic carbocycles. The van der Waals surface area contributed by atoms with Gasteiger partial charge in [0.1, 0.15) is 11.9 Å². The first-order valence-corrected chi connectivity index (χ1v) is 11.4. The summed E-state index contributed by atoms with van der Waals surface area (Å²) in [5.41, 5.74) is 3.79. The van der Waals surface area contributed by atoms with E-state index in [0.717, 1.165) is 47.4 Å². The number of aromatic amines is 1. The highest BCUT2D eigenvalue weighted by Gasteiger charge is 2.36. The van der Waals surface area contributed by atoms with Crippen molar-refractivity contribution in [2.24, 2.45) is 0 Å². The van der Waals surface area contributed by atoms with Crippen LogP contribution in [0.5, 0.6) is 5.75 Å². The molecule has 0 radical (unpaired) electrons. The fraction of sp³-hybridized carbons (Fsp3) is 0.500. The van der Waals surface area contributed by atoms with Gasteiger partial charge in [-0.25, -0.2) is 8.78 Å². The van der Waals surface area contributed by atoms with Gasteiger partial charge in [-0.05, 0) is 49.1 Å². The topological polar surface area (TPSA) is 57.3 Å². The molecule has 0 aliphatic carbocycles. The van der Waals surface area contributed by atoms with Crippen LogP contribution in [0, 0.1) is 0 Å². The first kappa shape index (κ1) is 22.2. The van der Waals surface area contributed by atoms with Gasteiger partial charge in [0.25, 0.3) is 6.43 Å². The Bertz CT molecular complexity index is 1080. The van der Waals surface area contributed by atoms with Crippen molar-refractivity contribution in [1.29, 1.82) is 0 Å². The molecule has 0 saturated carbocycles. The predicted molar refractivity (Wildman–Crippen MR) is 119 cm³/mol. The second kappa shape index (κ2) is 9.30. The zero-order valence-corrected chi connectivity index (χ0v) is 18.6. The molecule has 2 aromatic heterocycles. The summed E-state index contributed by atoms with van der Waals surface area (Å²) in [6.45, 7) is 3.67. The lowest BCUT2D eigenvalue weighted by Gasteiger charge is -2.42. The summed E-state index contributed by atoms with van der Waals surface area (Å²) in [5.74, 6) is 0.656. The monoisotopic (exact) mass is 459 g/mol. The second-order valence-electron chi connectivity index (χ2n) is 8.97. The van der Waals surface area contributed by atoms with Gasteiger partial charge in [-0.2, -0.15) is 5.10 Å². The van der Waals surface area contributed by atoms with Crippen LogP contribution in [0.25, 0.3) is 10.9 Å². The van der Waals surface area contributed by atoms with Crippen molar-refractivity contribution >= 4 is 10.9 Å². The number of ether oxygens (including phenoxy) is 1. The average Bonchev–Trinajstić information content (AvgIpc) is 3.25. The third-order valence-electron chi connectivity index (χ3n) is 6.69. The van der Waals surface area contributed by atoms with E-state index in [1.807, 2.05) is 36.1 Å². The Labute approximate surface area is 190 Å². The Morgan fingerprint density at radius 3 is 2.76 bits per heavy atom. The van der Waals surface area contributed by atoms with E-state index in [-0.39, 0.29) is 31.4 Å². The maximum atomic E-state index is 13.5. The predicted octanol–water partition coefficient (Wildman–Crippen LogP) is 3.98. The second-order valence-corrected chi connectivity index (χ2v) is 8.97. The van der Waals surface area contributed by atoms with Crippen LogP contribution in [-0.2, 0) is 6.42 Å². The normalized spacial score (nSPS) is 22.0. The maximum Gasteiger partial charge on any atom is 0.251 e. The van der Waals surface area contributed by atoms with E-state index in [9.17, 15) is 13.2 Å². The molecule has 1 N–H and O–H groups in total. The van der Waals surface area contributed by atoms with Crippen LogP contribution in [-0.4, -0.2) is 76.4 Å². The zero-order valence-electron chi connectivity index (χ0n) is 18.6. The number of nitrogens with one attached hydrogen (secondary N) is 1. The standard InChI is InChI=1S/C24H28F3N5O/c1-15-9-19-18(4-6-21-20(19)11-29-30-21)24(32(15)14-23(26)27)22-5-3-16(10-28-22)33-17-12-31(13-17)8-2-7-25/h3-6,10-11,15,17,23-24H,2,7-9,12-14H2,1H3,(H,29,30)/t15-,24+/m1/s1. The number of fused-ring (bicyclic) bond motifs is 3. The zero-order chi connectivity index (χ0) is 22.9. The lowest BCUT2D eigenvalue weighted by molar-refractivity contribution is 0.0181. The van der Waals surface area contributed by atoms with Gasteiger partial charge in [-0.1, -0.05) is 6.07 Å². The van der Waals surface area contributed by atoms with E-state index in [1.165, 1.54) is 0 Å². The lowest BCUT2D eigenvalue weighted by atomic mass is 9.85. The van der Waals surface area contributed by atoms with Gasteiger partial charge in [0.15, 0.2) is 0 Å². The third kappa shape index (κ3) is 4.44. The highest BCUT2D eigenvalue weighted by molar-refractivity contribution is 5.83. The molecule has 9 heteroatoms. The number of nitrogens with zero attached hydrogens (tertiary/aromatic N) is 4. The van der Waals surface area contributed by atoms with Crippen LogP contribution >= 0.6 is 0 Å². The molecule has 4 heterocycles. The minimum Gasteiger partial charge on any atom is -0.486 e. The van der Waals surface area contributed by atoms with E-state index in [4.69, 9.17) is 4.74 Å². The summed E-state index contributed by atoms with van der Waals surface area (Å²) in [7, 11) is 0. The van der Waals surface area contributed by atoms with Gasteiger partial charge in [0.05, 0.1) is 42.9 Å². The SMILES string of the molecule is C[C@@H]1Cc2c(ccc3[nH]ncc23)[C@@H](c2ccc(OC3CN(CCCF)C3)cn2)N1CC(F)F. The number of aromatic nitrogens is 3. The average molecular weight is 460 g/mol. The Morgan fingerprint density at radius 2 is 2.03 bits per heavy atom. The first-order valence-electron chi connectivity index (χ1n) is 11.4. The molecule has 5 rings (SSSR count). The molecule has 0 bridgehead atoms. The van der Waals surface area contributed by atoms with Gasteiger partial charge >= 0.3 is 0 Å². The van der Waals surface area contributed by atoms with E-state index in [0.29, 0.717) is 18.6 Å². The molecule has 0 spiro atoms. The minimum absolute atomic E-state index is 0.0670. The summed E-state index contributed by atoms with van der Waals surface area (Å²) in [6.07, 6.45) is 2.34. The van der Waals surface area contributed by atoms with E-state index < -0.39 is 6.43 Å². The Morgan fingerprint density at radius 1 is 1.18 bits per heavy atom. The molecule has 0 unspecified atom stereocenters. The van der Waals surface area contributed by atoms with Gasteiger partial charge in [-0.15, -0.1) is 0 Å². The van der Waals surface area contributed by atoms with Crippen LogP contribution in [0.1, 0.15) is 36.2 Å². The molecule has 2 aliphatic heterocycles. The van der Waals surface area contributed by atoms with Crippen molar-refractivity contribution in [3.8, 4) is 5.75 Å². The van der Waals surface area contributed by atoms with Crippen molar-refractivity contribution in [3.63, 3.8) is 0 Å². The number of rotatable bonds is 8. The summed E-state index contributed by atoms with van der Waals surface area (Å²) in [4.78, 5) is 8.64. The van der Waals surface area contributed by atoms with Gasteiger partial charge in [-0.3, -0.25) is 24.3 Å². The number of hydrogen-bond acceptors (Lipinski definition) is 5. The molecule has 176 valence electrons. The highest BCUT2D eigenvalue weighted by atomic mass is 19.3. The molecule has 3 aromatic rings. The number of halogens is 3. The van der Waals surface area contributed by atoms with Crippen LogP contribution in [0.2, 0.25) is 0 Å². The molecule has 0 amide bonds. The number of H-pyrrole nitrogens is 1. The van der Waals surface area contributed by atoms with Crippen molar-refractivity contribution in [2.75, 3.05) is 32.9 Å². The highest BCUT2D eigenvalue weighted by Crippen LogP contribution is 2.40. The third-order valence-corrected chi connectivity index (χ3v) is 6.69. The van der Waals surface area contributed by atoms with Gasteiger partial charge in [0, 0.05) is 31.1 Å². The number of alkyl halides is 3. The molecule has 1 fully saturated rings. The number of hydrogen-bond donors (Lipinski definition) is 1. The number of likely N-dealkylation sites (tertiary alicyclic amines) is 1. The van der Waals surface area contributed by atoms with Crippen LogP contribution in [0.3, 0.4) is 0 Å². The molecular weight excluding hydrogens is 431 g/mol. The fourth-order valence-electron chi connectivity index (χ4n) is 5.08. The fourth-order valence-corrected chi connectivity index (χ4v) is 5.08. The Balaban J connectivity index is 1.39. The maximum absolute atomic E-state index is 13.5. The Hall–Kier alpha value is -2.65. The summed E-state index contributed by atoms with van der Waals surface area (Å²) < 4.78 is 45.3. The lowest BCUT2D eigenvalue weighted by Crippen LogP contribution is -2.53. The van der Waals surface area contributed by atoms with Gasteiger partial charge < -0.3 is 4.74 Å². The summed E-state index contributed by atoms with van der Waals surface area (Å²) in [6, 6.07) is 7.25. The van der Waals surface area contributed by atoms with E-state index in [1.54, 1.807) is 12.4 Å². The minimum atomic E-state index is -2.43. The molecule has 2 aliphatic rings. The van der Waals surface area contributed by atoms with Crippen LogP contribution in [0.15, 0.2) is 36.7 Å². The summed E-state index contributed by atoms with van der Waals surface area (Å²) >= 11 is 0. The van der Waals surface area contributed by atoms with Crippen LogP contribution < -0.4 is 4.74 Å². The van der Waals surface area contributed by atoms with Crippen molar-refractivity contribution in [3.05, 3.63) is 53.5 Å². The van der Waals surface area contributed by atoms with E-state index >= 15 is 0 Å².